The first kappa shape index (κ1) is 24.4. The Bertz CT molecular complexity index is 1230. The van der Waals surface area contributed by atoms with Crippen LogP contribution in [0.1, 0.15) is 29.5 Å². The number of hydrogen-bond acceptors (Lipinski definition) is 4. The lowest BCUT2D eigenvalue weighted by atomic mass is 10.1. The van der Waals surface area contributed by atoms with E-state index in [4.69, 9.17) is 27.9 Å². The van der Waals surface area contributed by atoms with Gasteiger partial charge >= 0.3 is 0 Å². The van der Waals surface area contributed by atoms with E-state index in [-0.39, 0.29) is 6.42 Å². The molecule has 0 bridgehead atoms. The van der Waals surface area contributed by atoms with E-state index in [0.717, 1.165) is 57.5 Å². The maximum absolute atomic E-state index is 11.9. The van der Waals surface area contributed by atoms with Gasteiger partial charge in [0.2, 0.25) is 15.9 Å². The Labute approximate surface area is 198 Å². The molecule has 0 aliphatic rings. The summed E-state index contributed by atoms with van der Waals surface area (Å²) in [6.07, 6.45) is 4.58. The number of amides is 1. The van der Waals surface area contributed by atoms with Crippen LogP contribution in [-0.2, 0) is 27.8 Å². The summed E-state index contributed by atoms with van der Waals surface area (Å²) in [5.41, 5.74) is 4.00. The Hall–Kier alpha value is -2.22. The number of halogens is 2. The van der Waals surface area contributed by atoms with E-state index in [0.29, 0.717) is 18.2 Å². The van der Waals surface area contributed by atoms with Crippen molar-refractivity contribution in [3.8, 4) is 5.75 Å². The van der Waals surface area contributed by atoms with Gasteiger partial charge in [0.15, 0.2) is 0 Å². The van der Waals surface area contributed by atoms with Crippen molar-refractivity contribution in [1.82, 2.24) is 9.29 Å². The second-order valence-corrected chi connectivity index (χ2v) is 10.4. The van der Waals surface area contributed by atoms with Crippen LogP contribution in [0.2, 0.25) is 10.0 Å². The van der Waals surface area contributed by atoms with Crippen LogP contribution in [0.4, 0.5) is 0 Å². The normalized spacial score (nSPS) is 11.7. The number of hydrogen-bond donors (Lipinski definition) is 1. The van der Waals surface area contributed by atoms with Crippen LogP contribution in [0.15, 0.2) is 36.5 Å². The summed E-state index contributed by atoms with van der Waals surface area (Å²) in [6, 6.07) is 9.52. The van der Waals surface area contributed by atoms with Gasteiger partial charge in [-0.3, -0.25) is 9.52 Å². The van der Waals surface area contributed by atoms with Crippen molar-refractivity contribution in [3.05, 3.63) is 63.3 Å². The molecule has 0 saturated heterocycles. The fourth-order valence-electron chi connectivity index (χ4n) is 3.65. The average molecular weight is 497 g/mol. The minimum absolute atomic E-state index is 0.0428. The second-order valence-electron chi connectivity index (χ2n) is 7.88. The van der Waals surface area contributed by atoms with Gasteiger partial charge in [0.1, 0.15) is 5.75 Å². The van der Waals surface area contributed by atoms with Gasteiger partial charge in [-0.15, -0.1) is 0 Å². The highest BCUT2D eigenvalue weighted by Crippen LogP contribution is 2.28. The monoisotopic (exact) mass is 496 g/mol. The van der Waals surface area contributed by atoms with Gasteiger partial charge in [0.25, 0.3) is 0 Å². The maximum atomic E-state index is 11.9. The van der Waals surface area contributed by atoms with Crippen molar-refractivity contribution in [2.45, 2.75) is 39.7 Å². The number of rotatable bonds is 9. The van der Waals surface area contributed by atoms with Gasteiger partial charge in [-0.05, 0) is 67.6 Å². The standard InChI is InChI=1S/C23H26Cl2N2O4S/c1-15-11-19(12-16(2)23(15)25)31-10-4-5-17-14-27(9-8-22(28)26-32(3,29)30)21-13-18(24)6-7-20(17)21/h6-7,11-14H,4-5,8-10H2,1-3H3,(H,26,28). The van der Waals surface area contributed by atoms with E-state index in [1.807, 2.05) is 59.7 Å². The number of benzene rings is 2. The zero-order valence-electron chi connectivity index (χ0n) is 18.2. The summed E-state index contributed by atoms with van der Waals surface area (Å²) in [5.74, 6) is 0.260. The number of nitrogens with one attached hydrogen (secondary N) is 1. The molecule has 3 rings (SSSR count). The molecule has 0 unspecified atom stereocenters. The first-order chi connectivity index (χ1) is 15.0. The molecular formula is C23H26Cl2N2O4S. The Morgan fingerprint density at radius 3 is 2.47 bits per heavy atom. The number of aromatic nitrogens is 1. The van der Waals surface area contributed by atoms with E-state index in [2.05, 4.69) is 0 Å². The Morgan fingerprint density at radius 2 is 1.81 bits per heavy atom. The summed E-state index contributed by atoms with van der Waals surface area (Å²) in [6.45, 7) is 4.81. The molecule has 1 amide bonds. The summed E-state index contributed by atoms with van der Waals surface area (Å²) in [5, 5.41) is 2.41. The number of carbonyl (C=O) groups is 1. The molecule has 1 heterocycles. The third-order valence-corrected chi connectivity index (χ3v) is 6.50. The van der Waals surface area contributed by atoms with Crippen molar-refractivity contribution >= 4 is 50.0 Å². The largest absolute Gasteiger partial charge is 0.494 e. The van der Waals surface area contributed by atoms with Crippen molar-refractivity contribution in [1.29, 1.82) is 0 Å². The highest BCUT2D eigenvalue weighted by atomic mass is 35.5. The SMILES string of the molecule is Cc1cc(OCCCc2cn(CCC(=O)NS(C)(=O)=O)c3cc(Cl)ccc23)cc(C)c1Cl. The summed E-state index contributed by atoms with van der Waals surface area (Å²) in [7, 11) is -3.57. The molecule has 172 valence electrons. The highest BCUT2D eigenvalue weighted by Gasteiger charge is 2.13. The Kier molecular flexibility index (Phi) is 7.75. The van der Waals surface area contributed by atoms with Crippen LogP contribution in [-0.4, -0.2) is 31.8 Å². The zero-order valence-corrected chi connectivity index (χ0v) is 20.6. The van der Waals surface area contributed by atoms with Gasteiger partial charge in [0.05, 0.1) is 12.9 Å². The van der Waals surface area contributed by atoms with Crippen LogP contribution < -0.4 is 9.46 Å². The lowest BCUT2D eigenvalue weighted by Gasteiger charge is -2.10. The average Bonchev–Trinajstić information content (AvgIpc) is 3.03. The number of nitrogens with zero attached hydrogens (tertiary/aromatic N) is 1. The van der Waals surface area contributed by atoms with E-state index in [1.165, 1.54) is 0 Å². The van der Waals surface area contributed by atoms with E-state index >= 15 is 0 Å². The number of fused-ring (bicyclic) bond motifs is 1. The van der Waals surface area contributed by atoms with Crippen molar-refractivity contribution in [2.75, 3.05) is 12.9 Å². The molecule has 0 radical (unpaired) electrons. The summed E-state index contributed by atoms with van der Waals surface area (Å²) < 4.78 is 32.3. The molecule has 6 nitrogen and oxygen atoms in total. The fourth-order valence-corrected chi connectivity index (χ4v) is 4.44. The van der Waals surface area contributed by atoms with Crippen LogP contribution >= 0.6 is 23.2 Å². The first-order valence-corrected chi connectivity index (χ1v) is 12.9. The molecule has 0 spiro atoms. The van der Waals surface area contributed by atoms with E-state index < -0.39 is 15.9 Å². The first-order valence-electron chi connectivity index (χ1n) is 10.2. The van der Waals surface area contributed by atoms with Gasteiger partial charge in [-0.2, -0.15) is 0 Å². The lowest BCUT2D eigenvalue weighted by Crippen LogP contribution is -2.29. The van der Waals surface area contributed by atoms with Gasteiger partial charge < -0.3 is 9.30 Å². The van der Waals surface area contributed by atoms with Crippen molar-refractivity contribution < 1.29 is 17.9 Å². The van der Waals surface area contributed by atoms with Gasteiger partial charge in [0, 0.05) is 40.1 Å². The minimum atomic E-state index is -3.57. The molecule has 0 aliphatic heterocycles. The molecule has 0 saturated carbocycles. The number of carbonyl (C=O) groups excluding carboxylic acids is 1. The van der Waals surface area contributed by atoms with E-state index in [1.54, 1.807) is 0 Å². The fraction of sp³-hybridized carbons (Fsp3) is 0.348. The third kappa shape index (κ3) is 6.40. The van der Waals surface area contributed by atoms with E-state index in [9.17, 15) is 13.2 Å². The Balaban J connectivity index is 1.67. The third-order valence-electron chi connectivity index (χ3n) is 5.07. The highest BCUT2D eigenvalue weighted by molar-refractivity contribution is 7.89. The lowest BCUT2D eigenvalue weighted by molar-refractivity contribution is -0.119. The molecule has 2 aromatic carbocycles. The minimum Gasteiger partial charge on any atom is -0.494 e. The van der Waals surface area contributed by atoms with Crippen LogP contribution in [0.3, 0.4) is 0 Å². The smallest absolute Gasteiger partial charge is 0.235 e. The summed E-state index contributed by atoms with van der Waals surface area (Å²) in [4.78, 5) is 11.9. The number of ether oxygens (including phenoxy) is 1. The van der Waals surface area contributed by atoms with Crippen LogP contribution in [0.5, 0.6) is 5.75 Å². The predicted octanol–water partition coefficient (Wildman–Crippen LogP) is 5.04. The molecular weight excluding hydrogens is 471 g/mol. The molecule has 3 aromatic rings. The summed E-state index contributed by atoms with van der Waals surface area (Å²) >= 11 is 12.4. The number of aryl methyl sites for hydroxylation is 4. The number of sulfonamides is 1. The van der Waals surface area contributed by atoms with Gasteiger partial charge in [-0.25, -0.2) is 8.42 Å². The molecule has 9 heteroatoms. The molecule has 0 fully saturated rings. The topological polar surface area (TPSA) is 77.4 Å². The molecule has 32 heavy (non-hydrogen) atoms. The zero-order chi connectivity index (χ0) is 23.5. The molecule has 0 aliphatic carbocycles. The van der Waals surface area contributed by atoms with Crippen LogP contribution in [0.25, 0.3) is 10.9 Å². The second kappa shape index (κ2) is 10.1. The quantitative estimate of drug-likeness (QED) is 0.420. The molecule has 1 aromatic heterocycles. The van der Waals surface area contributed by atoms with Crippen molar-refractivity contribution in [3.63, 3.8) is 0 Å². The van der Waals surface area contributed by atoms with Crippen molar-refractivity contribution in [2.24, 2.45) is 0 Å². The molecule has 0 atom stereocenters. The molecule has 1 N–H and O–H groups in total. The Morgan fingerprint density at radius 1 is 1.12 bits per heavy atom. The van der Waals surface area contributed by atoms with Crippen LogP contribution in [0, 0.1) is 13.8 Å². The maximum Gasteiger partial charge on any atom is 0.235 e. The van der Waals surface area contributed by atoms with Gasteiger partial charge in [-0.1, -0.05) is 29.3 Å². The predicted molar refractivity (Wildman–Crippen MR) is 129 cm³/mol.